The Balaban J connectivity index is 0.00000338. The molecule has 1 saturated carbocycles. The molecule has 0 spiro atoms. The van der Waals surface area contributed by atoms with Gasteiger partial charge in [0.05, 0.1) is 6.54 Å². The molecular formula is C16H27F3IN5S. The van der Waals surface area contributed by atoms with Crippen molar-refractivity contribution in [1.82, 2.24) is 20.5 Å². The maximum atomic E-state index is 12.5. The molecule has 1 aliphatic carbocycles. The summed E-state index contributed by atoms with van der Waals surface area (Å²) in [5.41, 5.74) is -0.841. The van der Waals surface area contributed by atoms with Crippen LogP contribution in [0.15, 0.2) is 10.4 Å². The van der Waals surface area contributed by atoms with Crippen LogP contribution >= 0.6 is 35.3 Å². The highest BCUT2D eigenvalue weighted by Gasteiger charge is 2.33. The zero-order valence-corrected chi connectivity index (χ0v) is 18.3. The Hall–Kier alpha value is -0.620. The Labute approximate surface area is 173 Å². The van der Waals surface area contributed by atoms with E-state index in [-0.39, 0.29) is 30.5 Å². The number of aromatic nitrogens is 1. The van der Waals surface area contributed by atoms with Crippen LogP contribution in [0, 0.1) is 0 Å². The quantitative estimate of drug-likeness (QED) is 0.352. The predicted octanol–water partition coefficient (Wildman–Crippen LogP) is 3.71. The fraction of sp³-hybridized carbons (Fsp3) is 0.750. The van der Waals surface area contributed by atoms with Gasteiger partial charge in [-0.25, -0.2) is 4.98 Å². The third kappa shape index (κ3) is 7.55. The van der Waals surface area contributed by atoms with Crippen molar-refractivity contribution in [3.05, 3.63) is 16.1 Å². The lowest BCUT2D eigenvalue weighted by Gasteiger charge is -2.31. The van der Waals surface area contributed by atoms with Crippen LogP contribution in [0.5, 0.6) is 0 Å². The summed E-state index contributed by atoms with van der Waals surface area (Å²) in [6.45, 7) is 1.86. The van der Waals surface area contributed by atoms with Crippen molar-refractivity contribution < 1.29 is 13.2 Å². The first kappa shape index (κ1) is 23.4. The Morgan fingerprint density at radius 2 is 2.00 bits per heavy atom. The van der Waals surface area contributed by atoms with Crippen molar-refractivity contribution in [1.29, 1.82) is 0 Å². The zero-order valence-electron chi connectivity index (χ0n) is 15.1. The number of hydrogen-bond acceptors (Lipinski definition) is 4. The van der Waals surface area contributed by atoms with E-state index in [0.29, 0.717) is 17.0 Å². The Morgan fingerprint density at radius 3 is 2.58 bits per heavy atom. The van der Waals surface area contributed by atoms with Gasteiger partial charge >= 0.3 is 6.18 Å². The second kappa shape index (κ2) is 11.3. The van der Waals surface area contributed by atoms with E-state index in [1.54, 1.807) is 7.05 Å². The smallest absolute Gasteiger partial charge is 0.355 e. The van der Waals surface area contributed by atoms with Crippen LogP contribution in [0.3, 0.4) is 0 Å². The van der Waals surface area contributed by atoms with E-state index in [0.717, 1.165) is 29.8 Å². The molecule has 0 aromatic carbocycles. The summed E-state index contributed by atoms with van der Waals surface area (Å²) in [4.78, 5) is 10.1. The van der Waals surface area contributed by atoms with E-state index in [9.17, 15) is 13.2 Å². The lowest BCUT2D eigenvalue weighted by Crippen LogP contribution is -2.43. The van der Waals surface area contributed by atoms with Crippen molar-refractivity contribution in [2.75, 3.05) is 27.2 Å². The van der Waals surface area contributed by atoms with Crippen molar-refractivity contribution in [2.45, 2.75) is 50.9 Å². The highest BCUT2D eigenvalue weighted by Crippen LogP contribution is 2.29. The molecule has 10 heteroatoms. The summed E-state index contributed by atoms with van der Waals surface area (Å²) in [6.07, 6.45) is 2.08. The standard InChI is InChI=1S/C16H26F3N5S.HI/c1-20-15(21-8-9-24(2)12-6-4-3-5-7-12)22-10-14-23-13(11-25-14)16(17,18)19;/h11-12H,3-10H2,1-2H3,(H2,20,21,22);1H. The maximum absolute atomic E-state index is 12.5. The second-order valence-corrected chi connectivity index (χ2v) is 7.19. The third-order valence-corrected chi connectivity index (χ3v) is 5.28. The molecule has 1 fully saturated rings. The molecule has 2 rings (SSSR count). The number of rotatable bonds is 6. The van der Waals surface area contributed by atoms with Crippen molar-refractivity contribution >= 4 is 41.3 Å². The lowest BCUT2D eigenvalue weighted by atomic mass is 9.94. The number of aliphatic imine (C=N–C) groups is 1. The highest BCUT2D eigenvalue weighted by atomic mass is 127. The molecule has 26 heavy (non-hydrogen) atoms. The minimum atomic E-state index is -4.39. The minimum absolute atomic E-state index is 0. The molecule has 1 aromatic heterocycles. The summed E-state index contributed by atoms with van der Waals surface area (Å²) in [6, 6.07) is 0.654. The largest absolute Gasteiger partial charge is 0.434 e. The number of thiazole rings is 1. The molecule has 0 unspecified atom stereocenters. The number of hydrogen-bond donors (Lipinski definition) is 2. The fourth-order valence-electron chi connectivity index (χ4n) is 2.96. The first-order valence-electron chi connectivity index (χ1n) is 8.56. The number of likely N-dealkylation sites (N-methyl/N-ethyl adjacent to an activating group) is 1. The maximum Gasteiger partial charge on any atom is 0.434 e. The number of guanidine groups is 1. The molecular weight excluding hydrogens is 478 g/mol. The summed E-state index contributed by atoms with van der Waals surface area (Å²) in [5.74, 6) is 0.570. The van der Waals surface area contributed by atoms with E-state index in [1.165, 1.54) is 32.1 Å². The van der Waals surface area contributed by atoms with Crippen LogP contribution in [0.2, 0.25) is 0 Å². The summed E-state index contributed by atoms with van der Waals surface area (Å²) < 4.78 is 37.6. The van der Waals surface area contributed by atoms with Gasteiger partial charge in [-0.1, -0.05) is 19.3 Å². The third-order valence-electron chi connectivity index (χ3n) is 4.43. The molecule has 0 radical (unpaired) electrons. The molecule has 1 heterocycles. The first-order chi connectivity index (χ1) is 11.9. The number of nitrogens with zero attached hydrogens (tertiary/aromatic N) is 3. The van der Waals surface area contributed by atoms with Gasteiger partial charge in [-0.05, 0) is 19.9 Å². The molecule has 0 bridgehead atoms. The normalized spacial score (nSPS) is 16.5. The molecule has 0 amide bonds. The van der Waals surface area contributed by atoms with E-state index >= 15 is 0 Å². The molecule has 1 aromatic rings. The highest BCUT2D eigenvalue weighted by molar-refractivity contribution is 14.0. The van der Waals surface area contributed by atoms with Crippen molar-refractivity contribution in [3.63, 3.8) is 0 Å². The van der Waals surface area contributed by atoms with Gasteiger partial charge in [0.25, 0.3) is 0 Å². The van der Waals surface area contributed by atoms with Gasteiger partial charge in [0.1, 0.15) is 5.01 Å². The van der Waals surface area contributed by atoms with Gasteiger partial charge in [-0.2, -0.15) is 13.2 Å². The van der Waals surface area contributed by atoms with Crippen LogP contribution < -0.4 is 10.6 Å². The Kier molecular flexibility index (Phi) is 10.2. The van der Waals surface area contributed by atoms with E-state index in [2.05, 4.69) is 32.6 Å². The second-order valence-electron chi connectivity index (χ2n) is 6.25. The van der Waals surface area contributed by atoms with Gasteiger partial charge in [-0.15, -0.1) is 35.3 Å². The summed E-state index contributed by atoms with van der Waals surface area (Å²) in [5, 5.41) is 7.62. The van der Waals surface area contributed by atoms with E-state index in [4.69, 9.17) is 0 Å². The van der Waals surface area contributed by atoms with Gasteiger partial charge < -0.3 is 15.5 Å². The predicted molar refractivity (Wildman–Crippen MR) is 110 cm³/mol. The topological polar surface area (TPSA) is 52.6 Å². The fourth-order valence-corrected chi connectivity index (χ4v) is 3.70. The minimum Gasteiger partial charge on any atom is -0.355 e. The Morgan fingerprint density at radius 1 is 1.31 bits per heavy atom. The van der Waals surface area contributed by atoms with E-state index < -0.39 is 11.9 Å². The molecule has 0 atom stereocenters. The number of alkyl halides is 3. The SMILES string of the molecule is CN=C(NCCN(C)C1CCCCC1)NCc1nc(C(F)(F)F)cs1.I. The lowest BCUT2D eigenvalue weighted by molar-refractivity contribution is -0.140. The van der Waals surface area contributed by atoms with Crippen molar-refractivity contribution in [3.8, 4) is 0 Å². The molecule has 2 N–H and O–H groups in total. The molecule has 0 saturated heterocycles. The van der Waals surface area contributed by atoms with Gasteiger partial charge in [0.15, 0.2) is 11.7 Å². The van der Waals surface area contributed by atoms with Crippen LogP contribution in [-0.2, 0) is 12.7 Å². The van der Waals surface area contributed by atoms with Crippen LogP contribution in [0.1, 0.15) is 42.8 Å². The van der Waals surface area contributed by atoms with Gasteiger partial charge in [0.2, 0.25) is 0 Å². The van der Waals surface area contributed by atoms with Crippen LogP contribution in [0.4, 0.5) is 13.2 Å². The number of halogens is 4. The summed E-state index contributed by atoms with van der Waals surface area (Å²) in [7, 11) is 3.78. The monoisotopic (exact) mass is 505 g/mol. The number of nitrogens with one attached hydrogen (secondary N) is 2. The molecule has 5 nitrogen and oxygen atoms in total. The van der Waals surface area contributed by atoms with Crippen LogP contribution in [-0.4, -0.2) is 49.1 Å². The van der Waals surface area contributed by atoms with Gasteiger partial charge in [-0.3, -0.25) is 4.99 Å². The molecule has 1 aliphatic rings. The average Bonchev–Trinajstić information content (AvgIpc) is 3.08. The summed E-state index contributed by atoms with van der Waals surface area (Å²) >= 11 is 0.992. The van der Waals surface area contributed by atoms with Gasteiger partial charge in [0, 0.05) is 31.6 Å². The molecule has 150 valence electrons. The molecule has 0 aliphatic heterocycles. The zero-order chi connectivity index (χ0) is 18.3. The van der Waals surface area contributed by atoms with Crippen molar-refractivity contribution in [2.24, 2.45) is 4.99 Å². The van der Waals surface area contributed by atoms with E-state index in [1.807, 2.05) is 0 Å². The Bertz CT molecular complexity index is 558. The van der Waals surface area contributed by atoms with Crippen LogP contribution in [0.25, 0.3) is 0 Å². The average molecular weight is 505 g/mol. The first-order valence-corrected chi connectivity index (χ1v) is 9.44.